The molecule has 4 N–H and O–H groups in total. The van der Waals surface area contributed by atoms with E-state index in [-0.39, 0.29) is 6.10 Å². The van der Waals surface area contributed by atoms with Gasteiger partial charge in [-0.1, -0.05) is 27.2 Å². The lowest BCUT2D eigenvalue weighted by Crippen LogP contribution is -2.60. The second-order valence-corrected chi connectivity index (χ2v) is 7.20. The Hall–Kier alpha value is -0.240. The third-order valence-corrected chi connectivity index (χ3v) is 5.12. The van der Waals surface area contributed by atoms with E-state index in [1.165, 1.54) is 0 Å². The van der Waals surface area contributed by atoms with Gasteiger partial charge in [0.15, 0.2) is 6.29 Å². The molecule has 2 fully saturated rings. The second kappa shape index (κ2) is 7.55. The zero-order valence-corrected chi connectivity index (χ0v) is 13.6. The van der Waals surface area contributed by atoms with Crippen LogP contribution in [0.15, 0.2) is 0 Å². The van der Waals surface area contributed by atoms with Crippen LogP contribution in [0.2, 0.25) is 0 Å². The van der Waals surface area contributed by atoms with Gasteiger partial charge in [-0.15, -0.1) is 0 Å². The lowest BCUT2D eigenvalue weighted by atomic mass is 9.75. The number of rotatable bonds is 4. The highest BCUT2D eigenvalue weighted by atomic mass is 16.7. The molecule has 6 heteroatoms. The van der Waals surface area contributed by atoms with Crippen LogP contribution in [0.25, 0.3) is 0 Å². The summed E-state index contributed by atoms with van der Waals surface area (Å²) in [6.07, 6.45) is -2.90. The van der Waals surface area contributed by atoms with Crippen LogP contribution >= 0.6 is 0 Å². The quantitative estimate of drug-likeness (QED) is 0.593. The van der Waals surface area contributed by atoms with Gasteiger partial charge in [-0.05, 0) is 30.6 Å². The molecule has 1 aliphatic heterocycles. The molecule has 1 heterocycles. The molecule has 1 saturated heterocycles. The monoisotopic (exact) mass is 318 g/mol. The van der Waals surface area contributed by atoms with Gasteiger partial charge < -0.3 is 29.9 Å². The van der Waals surface area contributed by atoms with Crippen molar-refractivity contribution in [2.24, 2.45) is 17.8 Å². The summed E-state index contributed by atoms with van der Waals surface area (Å²) in [6.45, 7) is 6.06. The third-order valence-electron chi connectivity index (χ3n) is 5.12. The van der Waals surface area contributed by atoms with Gasteiger partial charge in [0.2, 0.25) is 0 Å². The van der Waals surface area contributed by atoms with Crippen molar-refractivity contribution in [1.29, 1.82) is 0 Å². The zero-order valence-electron chi connectivity index (χ0n) is 13.6. The summed E-state index contributed by atoms with van der Waals surface area (Å²) < 4.78 is 11.4. The normalized spacial score (nSPS) is 46.9. The summed E-state index contributed by atoms with van der Waals surface area (Å²) >= 11 is 0. The maximum Gasteiger partial charge on any atom is 0.186 e. The molecule has 0 amide bonds. The van der Waals surface area contributed by atoms with E-state index in [9.17, 15) is 20.4 Å². The van der Waals surface area contributed by atoms with Crippen molar-refractivity contribution in [3.63, 3.8) is 0 Å². The van der Waals surface area contributed by atoms with Crippen LogP contribution in [0, 0.1) is 17.8 Å². The van der Waals surface area contributed by atoms with Crippen molar-refractivity contribution in [2.45, 2.75) is 76.8 Å². The van der Waals surface area contributed by atoms with E-state index in [0.29, 0.717) is 17.8 Å². The number of hydrogen-bond donors (Lipinski definition) is 4. The van der Waals surface area contributed by atoms with Crippen LogP contribution < -0.4 is 0 Å². The van der Waals surface area contributed by atoms with Crippen LogP contribution in [-0.2, 0) is 9.47 Å². The molecule has 3 unspecified atom stereocenters. The summed E-state index contributed by atoms with van der Waals surface area (Å²) in [5, 5.41) is 39.0. The van der Waals surface area contributed by atoms with Gasteiger partial charge in [-0.3, -0.25) is 0 Å². The molecule has 22 heavy (non-hydrogen) atoms. The fourth-order valence-corrected chi connectivity index (χ4v) is 3.62. The molecule has 0 aromatic rings. The van der Waals surface area contributed by atoms with Gasteiger partial charge in [0.05, 0.1) is 12.7 Å². The first-order chi connectivity index (χ1) is 10.3. The maximum atomic E-state index is 10.1. The summed E-state index contributed by atoms with van der Waals surface area (Å²) in [7, 11) is 0. The standard InChI is InChI=1S/C16H30O6/c1-8(2)10-5-4-9(3)6-11(10)21-16-15(20)14(19)13(18)12(7-17)22-16/h8-20H,4-7H2,1-3H3/t9?,10?,11?,12-,13-,14+,15-,16-/m0/s1. The Morgan fingerprint density at radius 3 is 2.36 bits per heavy atom. The minimum Gasteiger partial charge on any atom is -0.394 e. The Labute approximate surface area is 132 Å². The van der Waals surface area contributed by atoms with E-state index in [1.807, 2.05) is 0 Å². The van der Waals surface area contributed by atoms with Gasteiger partial charge in [-0.2, -0.15) is 0 Å². The SMILES string of the molecule is CC1CCC(C(C)C)C(O[C@H]2O[C@@H](CO)[C@H](O)[C@@H](O)[C@@H]2O)C1. The van der Waals surface area contributed by atoms with Crippen LogP contribution in [-0.4, -0.2) is 63.8 Å². The van der Waals surface area contributed by atoms with E-state index in [0.717, 1.165) is 19.3 Å². The van der Waals surface area contributed by atoms with Gasteiger partial charge in [0, 0.05) is 0 Å². The smallest absolute Gasteiger partial charge is 0.186 e. The fourth-order valence-electron chi connectivity index (χ4n) is 3.62. The zero-order chi connectivity index (χ0) is 16.4. The molecule has 8 atom stereocenters. The molecule has 0 radical (unpaired) electrons. The Balaban J connectivity index is 2.06. The predicted molar refractivity (Wildman–Crippen MR) is 80.0 cm³/mol. The highest BCUT2D eigenvalue weighted by molar-refractivity contribution is 4.90. The summed E-state index contributed by atoms with van der Waals surface area (Å²) in [6, 6.07) is 0. The molecule has 1 aliphatic carbocycles. The molecule has 130 valence electrons. The lowest BCUT2D eigenvalue weighted by molar-refractivity contribution is -0.318. The van der Waals surface area contributed by atoms with Crippen molar-refractivity contribution < 1.29 is 29.9 Å². The molecule has 0 bridgehead atoms. The number of hydrogen-bond acceptors (Lipinski definition) is 6. The predicted octanol–water partition coefficient (Wildman–Crippen LogP) is 0.264. The topological polar surface area (TPSA) is 99.4 Å². The van der Waals surface area contributed by atoms with Crippen molar-refractivity contribution in [3.8, 4) is 0 Å². The molecular weight excluding hydrogens is 288 g/mol. The van der Waals surface area contributed by atoms with Gasteiger partial charge >= 0.3 is 0 Å². The molecular formula is C16H30O6. The minimum absolute atomic E-state index is 0.0508. The molecule has 0 aromatic carbocycles. The van der Waals surface area contributed by atoms with E-state index in [2.05, 4.69) is 20.8 Å². The highest BCUT2D eigenvalue weighted by Gasteiger charge is 2.46. The number of ether oxygens (including phenoxy) is 2. The molecule has 6 nitrogen and oxygen atoms in total. The Kier molecular flexibility index (Phi) is 6.22. The molecule has 1 saturated carbocycles. The van der Waals surface area contributed by atoms with E-state index < -0.39 is 37.3 Å². The first kappa shape index (κ1) is 18.1. The third kappa shape index (κ3) is 3.80. The summed E-state index contributed by atoms with van der Waals surface area (Å²) in [5.41, 5.74) is 0. The van der Waals surface area contributed by atoms with Gasteiger partial charge in [0.25, 0.3) is 0 Å². The molecule has 0 spiro atoms. The van der Waals surface area contributed by atoms with Crippen molar-refractivity contribution in [1.82, 2.24) is 0 Å². The first-order valence-electron chi connectivity index (χ1n) is 8.31. The molecule has 0 aromatic heterocycles. The fraction of sp³-hybridized carbons (Fsp3) is 1.00. The van der Waals surface area contributed by atoms with Crippen LogP contribution in [0.4, 0.5) is 0 Å². The lowest BCUT2D eigenvalue weighted by Gasteiger charge is -2.44. The average Bonchev–Trinajstić information content (AvgIpc) is 2.47. The molecule has 2 rings (SSSR count). The Morgan fingerprint density at radius 2 is 1.77 bits per heavy atom. The van der Waals surface area contributed by atoms with Crippen LogP contribution in [0.5, 0.6) is 0 Å². The highest BCUT2D eigenvalue weighted by Crippen LogP contribution is 2.37. The minimum atomic E-state index is -1.38. The summed E-state index contributed by atoms with van der Waals surface area (Å²) in [5.74, 6) is 1.39. The largest absolute Gasteiger partial charge is 0.394 e. The number of aliphatic hydroxyl groups is 4. The Morgan fingerprint density at radius 1 is 1.09 bits per heavy atom. The second-order valence-electron chi connectivity index (χ2n) is 7.20. The van der Waals surface area contributed by atoms with Gasteiger partial charge in [-0.25, -0.2) is 0 Å². The average molecular weight is 318 g/mol. The van der Waals surface area contributed by atoms with Crippen molar-refractivity contribution in [3.05, 3.63) is 0 Å². The Bertz CT molecular complexity index is 348. The van der Waals surface area contributed by atoms with Crippen LogP contribution in [0.1, 0.15) is 40.0 Å². The van der Waals surface area contributed by atoms with Crippen molar-refractivity contribution in [2.75, 3.05) is 6.61 Å². The first-order valence-corrected chi connectivity index (χ1v) is 8.31. The van der Waals surface area contributed by atoms with Gasteiger partial charge in [0.1, 0.15) is 24.4 Å². The number of aliphatic hydroxyl groups excluding tert-OH is 4. The summed E-state index contributed by atoms with van der Waals surface area (Å²) in [4.78, 5) is 0. The maximum absolute atomic E-state index is 10.1. The van der Waals surface area contributed by atoms with E-state index in [1.54, 1.807) is 0 Å². The van der Waals surface area contributed by atoms with Crippen LogP contribution in [0.3, 0.4) is 0 Å². The van der Waals surface area contributed by atoms with E-state index in [4.69, 9.17) is 9.47 Å². The van der Waals surface area contributed by atoms with Crippen molar-refractivity contribution >= 4 is 0 Å². The van der Waals surface area contributed by atoms with E-state index >= 15 is 0 Å². The molecule has 2 aliphatic rings.